The normalized spacial score (nSPS) is 20.6. The Morgan fingerprint density at radius 3 is 2.37 bits per heavy atom. The van der Waals surface area contributed by atoms with E-state index in [2.05, 4.69) is 15.6 Å². The van der Waals surface area contributed by atoms with Gasteiger partial charge in [-0.1, -0.05) is 0 Å². The molecule has 0 spiro atoms. The number of nitrogens with one attached hydrogen (secondary N) is 2. The summed E-state index contributed by atoms with van der Waals surface area (Å²) in [7, 11) is 0. The Morgan fingerprint density at radius 1 is 1.19 bits per heavy atom. The fourth-order valence-electron chi connectivity index (χ4n) is 2.79. The van der Waals surface area contributed by atoms with E-state index >= 15 is 0 Å². The van der Waals surface area contributed by atoms with Crippen molar-refractivity contribution < 1.29 is 23.0 Å². The number of hydrogen-bond acceptors (Lipinski definition) is 3. The average molecular weight is 501 g/mol. The van der Waals surface area contributed by atoms with Gasteiger partial charge in [0.2, 0.25) is 0 Å². The van der Waals surface area contributed by atoms with Crippen molar-refractivity contribution >= 4 is 29.9 Å². The number of benzene rings is 1. The number of ether oxygens (including phenoxy) is 1. The van der Waals surface area contributed by atoms with Crippen LogP contribution in [0.15, 0.2) is 29.3 Å². The van der Waals surface area contributed by atoms with Gasteiger partial charge in [0.1, 0.15) is 12.4 Å². The number of aliphatic hydroxyl groups is 1. The van der Waals surface area contributed by atoms with Crippen molar-refractivity contribution in [1.82, 2.24) is 10.6 Å². The number of rotatable bonds is 6. The predicted molar refractivity (Wildman–Crippen MR) is 110 cm³/mol. The van der Waals surface area contributed by atoms with E-state index in [1.54, 1.807) is 0 Å². The lowest BCUT2D eigenvalue weighted by molar-refractivity contribution is -0.137. The third-order valence-corrected chi connectivity index (χ3v) is 4.19. The van der Waals surface area contributed by atoms with Crippen molar-refractivity contribution in [3.8, 4) is 5.75 Å². The first-order valence-corrected chi connectivity index (χ1v) is 8.91. The number of aliphatic hydroxyl groups excluding tert-OH is 1. The molecule has 0 aliphatic heterocycles. The van der Waals surface area contributed by atoms with Crippen molar-refractivity contribution in [2.24, 2.45) is 4.99 Å². The smallest absolute Gasteiger partial charge is 0.416 e. The minimum Gasteiger partial charge on any atom is -0.492 e. The first-order valence-electron chi connectivity index (χ1n) is 8.91. The van der Waals surface area contributed by atoms with Crippen molar-refractivity contribution in [3.05, 3.63) is 29.8 Å². The van der Waals surface area contributed by atoms with Gasteiger partial charge in [0, 0.05) is 12.6 Å². The Bertz CT molecular complexity index is 574. The van der Waals surface area contributed by atoms with Crippen LogP contribution in [0.1, 0.15) is 38.2 Å². The highest BCUT2D eigenvalue weighted by Gasteiger charge is 2.30. The van der Waals surface area contributed by atoms with Crippen LogP contribution in [0.4, 0.5) is 13.2 Å². The van der Waals surface area contributed by atoms with Gasteiger partial charge in [-0.25, -0.2) is 4.99 Å². The van der Waals surface area contributed by atoms with Gasteiger partial charge in [-0.05, 0) is 56.9 Å². The second-order valence-corrected chi connectivity index (χ2v) is 6.28. The molecule has 1 aromatic rings. The molecule has 0 saturated heterocycles. The summed E-state index contributed by atoms with van der Waals surface area (Å²) in [6, 6.07) is 4.91. The molecular weight excluding hydrogens is 474 g/mol. The highest BCUT2D eigenvalue weighted by Crippen LogP contribution is 2.30. The lowest BCUT2D eigenvalue weighted by atomic mass is 9.93. The molecule has 0 heterocycles. The molecule has 2 rings (SSSR count). The number of alkyl halides is 3. The van der Waals surface area contributed by atoms with Crippen LogP contribution in [-0.2, 0) is 6.18 Å². The maximum absolute atomic E-state index is 12.5. The van der Waals surface area contributed by atoms with E-state index in [1.807, 2.05) is 6.92 Å². The van der Waals surface area contributed by atoms with Gasteiger partial charge in [-0.2, -0.15) is 13.2 Å². The summed E-state index contributed by atoms with van der Waals surface area (Å²) in [6.07, 6.45) is -1.18. The van der Waals surface area contributed by atoms with Gasteiger partial charge in [0.05, 0.1) is 18.2 Å². The zero-order chi connectivity index (χ0) is 19.0. The molecule has 1 saturated carbocycles. The first kappa shape index (κ1) is 23.8. The predicted octanol–water partition coefficient (Wildman–Crippen LogP) is 3.56. The third kappa shape index (κ3) is 8.54. The molecule has 0 unspecified atom stereocenters. The Kier molecular flexibility index (Phi) is 10.2. The van der Waals surface area contributed by atoms with Gasteiger partial charge in [0.25, 0.3) is 0 Å². The molecule has 0 bridgehead atoms. The zero-order valence-electron chi connectivity index (χ0n) is 15.3. The standard InChI is InChI=1S/C18H26F3N3O2.HI/c1-2-22-17(24-14-5-7-15(25)8-6-14)23-11-12-26-16-9-3-13(4-10-16)18(19,20)21;/h3-4,9-10,14-15,25H,2,5-8,11-12H2,1H3,(H2,22,23,24);1H. The minimum atomic E-state index is -4.34. The Balaban J connectivity index is 0.00000364. The minimum absolute atomic E-state index is 0. The summed E-state index contributed by atoms with van der Waals surface area (Å²) in [5.74, 6) is 1.07. The number of nitrogens with zero attached hydrogens (tertiary/aromatic N) is 1. The summed E-state index contributed by atoms with van der Waals surface area (Å²) >= 11 is 0. The maximum atomic E-state index is 12.5. The van der Waals surface area contributed by atoms with Crippen LogP contribution in [0.5, 0.6) is 5.75 Å². The SMILES string of the molecule is CCNC(=NCCOc1ccc(C(F)(F)F)cc1)NC1CCC(O)CC1.I. The van der Waals surface area contributed by atoms with Crippen LogP contribution in [0, 0.1) is 0 Å². The summed E-state index contributed by atoms with van der Waals surface area (Å²) < 4.78 is 43.0. The fraction of sp³-hybridized carbons (Fsp3) is 0.611. The summed E-state index contributed by atoms with van der Waals surface area (Å²) in [6.45, 7) is 3.35. The van der Waals surface area contributed by atoms with Gasteiger partial charge in [-0.15, -0.1) is 24.0 Å². The largest absolute Gasteiger partial charge is 0.492 e. The van der Waals surface area contributed by atoms with Crippen molar-refractivity contribution in [3.63, 3.8) is 0 Å². The quantitative estimate of drug-likeness (QED) is 0.242. The lowest BCUT2D eigenvalue weighted by Gasteiger charge is -2.27. The summed E-state index contributed by atoms with van der Waals surface area (Å²) in [4.78, 5) is 4.43. The van der Waals surface area contributed by atoms with E-state index in [9.17, 15) is 18.3 Å². The van der Waals surface area contributed by atoms with Crippen LogP contribution in [0.25, 0.3) is 0 Å². The number of halogens is 4. The van der Waals surface area contributed by atoms with E-state index < -0.39 is 11.7 Å². The molecule has 0 atom stereocenters. The Hall–Kier alpha value is -1.23. The van der Waals surface area contributed by atoms with Crippen molar-refractivity contribution in [2.45, 2.75) is 50.9 Å². The highest BCUT2D eigenvalue weighted by atomic mass is 127. The van der Waals surface area contributed by atoms with Crippen LogP contribution >= 0.6 is 24.0 Å². The van der Waals surface area contributed by atoms with Crippen LogP contribution < -0.4 is 15.4 Å². The Morgan fingerprint density at radius 2 is 1.81 bits per heavy atom. The first-order chi connectivity index (χ1) is 12.4. The van der Waals surface area contributed by atoms with Crippen LogP contribution in [-0.4, -0.2) is 42.9 Å². The molecule has 1 aromatic carbocycles. The molecule has 9 heteroatoms. The molecule has 3 N–H and O–H groups in total. The molecule has 0 amide bonds. The number of aliphatic imine (C=N–C) groups is 1. The number of hydrogen-bond donors (Lipinski definition) is 3. The van der Waals surface area contributed by atoms with Crippen LogP contribution in [0.2, 0.25) is 0 Å². The van der Waals surface area contributed by atoms with E-state index in [0.29, 0.717) is 18.3 Å². The fourth-order valence-corrected chi connectivity index (χ4v) is 2.79. The lowest BCUT2D eigenvalue weighted by Crippen LogP contribution is -2.45. The molecular formula is C18H27F3IN3O2. The molecule has 154 valence electrons. The molecule has 1 aliphatic rings. The van der Waals surface area contributed by atoms with Gasteiger partial charge < -0.3 is 20.5 Å². The van der Waals surface area contributed by atoms with Gasteiger partial charge in [-0.3, -0.25) is 0 Å². The maximum Gasteiger partial charge on any atom is 0.416 e. The average Bonchev–Trinajstić information content (AvgIpc) is 2.60. The molecule has 27 heavy (non-hydrogen) atoms. The molecule has 0 radical (unpaired) electrons. The van der Waals surface area contributed by atoms with Crippen LogP contribution in [0.3, 0.4) is 0 Å². The number of guanidine groups is 1. The molecule has 0 aromatic heterocycles. The highest BCUT2D eigenvalue weighted by molar-refractivity contribution is 14.0. The second kappa shape index (κ2) is 11.6. The van der Waals surface area contributed by atoms with Crippen molar-refractivity contribution in [2.75, 3.05) is 19.7 Å². The van der Waals surface area contributed by atoms with Gasteiger partial charge >= 0.3 is 6.18 Å². The molecule has 1 aliphatic carbocycles. The van der Waals surface area contributed by atoms with Gasteiger partial charge in [0.15, 0.2) is 5.96 Å². The van der Waals surface area contributed by atoms with E-state index in [1.165, 1.54) is 12.1 Å². The topological polar surface area (TPSA) is 65.9 Å². The van der Waals surface area contributed by atoms with E-state index in [4.69, 9.17) is 4.74 Å². The second-order valence-electron chi connectivity index (χ2n) is 6.28. The van der Waals surface area contributed by atoms with Crippen molar-refractivity contribution in [1.29, 1.82) is 0 Å². The monoisotopic (exact) mass is 501 g/mol. The molecule has 1 fully saturated rings. The third-order valence-electron chi connectivity index (χ3n) is 4.19. The zero-order valence-corrected chi connectivity index (χ0v) is 17.6. The van der Waals surface area contributed by atoms with E-state index in [-0.39, 0.29) is 42.7 Å². The summed E-state index contributed by atoms with van der Waals surface area (Å²) in [5.41, 5.74) is -0.695. The summed E-state index contributed by atoms with van der Waals surface area (Å²) in [5, 5.41) is 16.1. The Labute approximate surface area is 174 Å². The van der Waals surface area contributed by atoms with E-state index in [0.717, 1.165) is 44.4 Å². The molecule has 5 nitrogen and oxygen atoms in total.